The highest BCUT2D eigenvalue weighted by molar-refractivity contribution is 5.92. The Kier molecular flexibility index (Phi) is 5.08. The number of carbonyl (C=O) groups is 1. The first-order valence-corrected chi connectivity index (χ1v) is 9.26. The molecule has 0 saturated heterocycles. The van der Waals surface area contributed by atoms with Gasteiger partial charge in [0.25, 0.3) is 5.91 Å². The molecule has 2 aromatic heterocycles. The molecule has 0 bridgehead atoms. The number of pyridine rings is 1. The van der Waals surface area contributed by atoms with Crippen molar-refractivity contribution in [2.45, 2.75) is 31.5 Å². The Balaban J connectivity index is 1.68. The van der Waals surface area contributed by atoms with Gasteiger partial charge in [0, 0.05) is 17.8 Å². The fourth-order valence-corrected chi connectivity index (χ4v) is 3.67. The smallest absolute Gasteiger partial charge is 0.350 e. The summed E-state index contributed by atoms with van der Waals surface area (Å²) in [6, 6.07) is 13.2. The van der Waals surface area contributed by atoms with E-state index in [0.29, 0.717) is 29.8 Å². The third-order valence-corrected chi connectivity index (χ3v) is 4.94. The highest BCUT2D eigenvalue weighted by Crippen LogP contribution is 2.36. The minimum absolute atomic E-state index is 0.226. The first kappa shape index (κ1) is 19.2. The van der Waals surface area contributed by atoms with E-state index in [0.717, 1.165) is 16.9 Å². The van der Waals surface area contributed by atoms with Crippen molar-refractivity contribution in [3.63, 3.8) is 0 Å². The van der Waals surface area contributed by atoms with Crippen molar-refractivity contribution in [3.05, 3.63) is 71.7 Å². The minimum Gasteiger partial charge on any atom is -0.350 e. The van der Waals surface area contributed by atoms with E-state index in [9.17, 15) is 18.0 Å². The van der Waals surface area contributed by atoms with Gasteiger partial charge >= 0.3 is 6.18 Å². The molecule has 0 unspecified atom stereocenters. The van der Waals surface area contributed by atoms with Crippen molar-refractivity contribution in [3.8, 4) is 11.3 Å². The molecule has 1 aliphatic carbocycles. The monoisotopic (exact) mass is 401 g/mol. The van der Waals surface area contributed by atoms with Crippen LogP contribution in [0.2, 0.25) is 0 Å². The van der Waals surface area contributed by atoms with Gasteiger partial charge < -0.3 is 9.42 Å². The first-order valence-electron chi connectivity index (χ1n) is 9.26. The number of amides is 1. The van der Waals surface area contributed by atoms with E-state index in [1.807, 2.05) is 12.1 Å². The van der Waals surface area contributed by atoms with Gasteiger partial charge in [0.05, 0.1) is 11.7 Å². The molecule has 0 aliphatic heterocycles. The summed E-state index contributed by atoms with van der Waals surface area (Å²) in [6.45, 7) is -1.38. The van der Waals surface area contributed by atoms with Crippen LogP contribution in [0.4, 0.5) is 13.2 Å². The maximum absolute atomic E-state index is 13.3. The second-order valence-electron chi connectivity index (χ2n) is 6.95. The highest BCUT2D eigenvalue weighted by Gasteiger charge is 2.40. The zero-order valence-corrected chi connectivity index (χ0v) is 15.4. The second kappa shape index (κ2) is 7.69. The molecule has 0 N–H and O–H groups in total. The molecule has 1 amide bonds. The molecule has 8 heteroatoms. The van der Waals surface area contributed by atoms with Crippen LogP contribution in [0.1, 0.15) is 40.7 Å². The number of rotatable bonds is 4. The number of nitrogens with zero attached hydrogens (tertiary/aromatic N) is 3. The Morgan fingerprint density at radius 3 is 2.72 bits per heavy atom. The first-order chi connectivity index (χ1) is 13.9. The summed E-state index contributed by atoms with van der Waals surface area (Å²) < 4.78 is 45.1. The number of benzene rings is 1. The Morgan fingerprint density at radius 1 is 1.17 bits per heavy atom. The predicted octanol–water partition coefficient (Wildman–Crippen LogP) is 4.82. The Morgan fingerprint density at radius 2 is 1.97 bits per heavy atom. The van der Waals surface area contributed by atoms with Gasteiger partial charge in [-0.1, -0.05) is 41.6 Å². The normalized spacial score (nSPS) is 16.3. The Hall–Kier alpha value is -3.16. The summed E-state index contributed by atoms with van der Waals surface area (Å²) >= 11 is 0. The summed E-state index contributed by atoms with van der Waals surface area (Å²) in [5.74, 6) is -1.07. The van der Waals surface area contributed by atoms with Gasteiger partial charge in [-0.05, 0) is 30.9 Å². The standard InChI is InChI=1S/C21H18F3N3O2/c22-21(23,24)13-27(17-10-4-8-15-9-5-11-25-19(15)17)20(28)18-12-16(26-29-18)14-6-2-1-3-7-14/h1-3,5-7,9,11-12,17H,4,8,10,13H2/t17-/m0/s1. The molecule has 29 heavy (non-hydrogen) atoms. The van der Waals surface area contributed by atoms with Gasteiger partial charge in [-0.25, -0.2) is 0 Å². The van der Waals surface area contributed by atoms with E-state index < -0.39 is 24.7 Å². The zero-order chi connectivity index (χ0) is 20.4. The lowest BCUT2D eigenvalue weighted by molar-refractivity contribution is -0.145. The van der Waals surface area contributed by atoms with E-state index in [2.05, 4.69) is 10.1 Å². The fourth-order valence-electron chi connectivity index (χ4n) is 3.67. The topological polar surface area (TPSA) is 59.2 Å². The number of alkyl halides is 3. The Labute approximate surface area is 165 Å². The summed E-state index contributed by atoms with van der Waals surface area (Å²) in [6.07, 6.45) is -1.20. The van der Waals surface area contributed by atoms with Crippen LogP contribution in [0.3, 0.4) is 0 Å². The molecule has 3 aromatic rings. The van der Waals surface area contributed by atoms with Crippen LogP contribution < -0.4 is 0 Å². The molecule has 2 heterocycles. The lowest BCUT2D eigenvalue weighted by Gasteiger charge is -2.34. The van der Waals surface area contributed by atoms with Gasteiger partial charge in [0.1, 0.15) is 12.2 Å². The van der Waals surface area contributed by atoms with Crippen LogP contribution >= 0.6 is 0 Å². The van der Waals surface area contributed by atoms with Crippen molar-refractivity contribution in [1.82, 2.24) is 15.0 Å². The molecule has 150 valence electrons. The van der Waals surface area contributed by atoms with Crippen LogP contribution in [0.15, 0.2) is 59.3 Å². The number of halogens is 3. The van der Waals surface area contributed by atoms with Gasteiger partial charge in [0.2, 0.25) is 5.76 Å². The fraction of sp³-hybridized carbons (Fsp3) is 0.286. The summed E-state index contributed by atoms with van der Waals surface area (Å²) in [4.78, 5) is 18.1. The highest BCUT2D eigenvalue weighted by atomic mass is 19.4. The molecule has 0 spiro atoms. The van der Waals surface area contributed by atoms with E-state index in [4.69, 9.17) is 4.52 Å². The van der Waals surface area contributed by atoms with Crippen LogP contribution in [0.5, 0.6) is 0 Å². The number of carbonyl (C=O) groups excluding carboxylic acids is 1. The molecule has 0 fully saturated rings. The van der Waals surface area contributed by atoms with Crippen LogP contribution in [-0.2, 0) is 6.42 Å². The maximum Gasteiger partial charge on any atom is 0.406 e. The molecule has 0 radical (unpaired) electrons. The summed E-state index contributed by atoms with van der Waals surface area (Å²) in [5.41, 5.74) is 2.48. The average molecular weight is 401 g/mol. The Bertz CT molecular complexity index is 1000. The summed E-state index contributed by atoms with van der Waals surface area (Å²) in [7, 11) is 0. The lowest BCUT2D eigenvalue weighted by atomic mass is 9.90. The number of aromatic nitrogens is 2. The van der Waals surface area contributed by atoms with Gasteiger partial charge in [-0.15, -0.1) is 0 Å². The van der Waals surface area contributed by atoms with Crippen LogP contribution in [0.25, 0.3) is 11.3 Å². The van der Waals surface area contributed by atoms with Crippen molar-refractivity contribution in [2.75, 3.05) is 6.54 Å². The maximum atomic E-state index is 13.3. The summed E-state index contributed by atoms with van der Waals surface area (Å²) in [5, 5.41) is 3.86. The zero-order valence-electron chi connectivity index (χ0n) is 15.4. The second-order valence-corrected chi connectivity index (χ2v) is 6.95. The quantitative estimate of drug-likeness (QED) is 0.629. The average Bonchev–Trinajstić information content (AvgIpc) is 3.21. The molecule has 5 nitrogen and oxygen atoms in total. The van der Waals surface area contributed by atoms with Gasteiger partial charge in [-0.3, -0.25) is 9.78 Å². The van der Waals surface area contributed by atoms with E-state index >= 15 is 0 Å². The molecule has 4 rings (SSSR count). The number of aryl methyl sites for hydroxylation is 1. The molecule has 1 aromatic carbocycles. The predicted molar refractivity (Wildman–Crippen MR) is 98.9 cm³/mol. The third-order valence-electron chi connectivity index (χ3n) is 4.94. The number of hydrogen-bond acceptors (Lipinski definition) is 4. The van der Waals surface area contributed by atoms with Crippen LogP contribution in [0, 0.1) is 0 Å². The molecule has 0 saturated carbocycles. The van der Waals surface area contributed by atoms with Gasteiger partial charge in [-0.2, -0.15) is 13.2 Å². The van der Waals surface area contributed by atoms with Gasteiger partial charge in [0.15, 0.2) is 0 Å². The molecule has 1 atom stereocenters. The number of fused-ring (bicyclic) bond motifs is 1. The van der Waals surface area contributed by atoms with Crippen LogP contribution in [-0.4, -0.2) is 33.7 Å². The largest absolute Gasteiger partial charge is 0.406 e. The van der Waals surface area contributed by atoms with E-state index in [-0.39, 0.29) is 5.76 Å². The van der Waals surface area contributed by atoms with Crippen molar-refractivity contribution in [2.24, 2.45) is 0 Å². The molecule has 1 aliphatic rings. The minimum atomic E-state index is -4.55. The van der Waals surface area contributed by atoms with E-state index in [1.54, 1.807) is 30.3 Å². The van der Waals surface area contributed by atoms with Crippen molar-refractivity contribution < 1.29 is 22.5 Å². The van der Waals surface area contributed by atoms with E-state index in [1.165, 1.54) is 12.3 Å². The third kappa shape index (κ3) is 4.16. The lowest BCUT2D eigenvalue weighted by Crippen LogP contribution is -2.42. The molecular formula is C21H18F3N3O2. The molecular weight excluding hydrogens is 383 g/mol. The van der Waals surface area contributed by atoms with Crippen molar-refractivity contribution >= 4 is 5.91 Å². The van der Waals surface area contributed by atoms with Crippen molar-refractivity contribution in [1.29, 1.82) is 0 Å². The SMILES string of the molecule is O=C(c1cc(-c2ccccc2)no1)N(CC(F)(F)F)[C@H]1CCCc2cccnc21. The number of hydrogen-bond donors (Lipinski definition) is 0.